The molecule has 3 aromatic carbocycles. The quantitative estimate of drug-likeness (QED) is 0.319. The molecule has 0 radical (unpaired) electrons. The van der Waals surface area contributed by atoms with Crippen LogP contribution in [-0.4, -0.2) is 68.6 Å². The SMILES string of the molecule is Cc1cc(OCCCN2CCOCC2)cc(C)c1-c1cccc2c1OC[C@H]2Cc1ccc2c(c1)OC[C@H]2CC(=O)O. The molecule has 3 aliphatic heterocycles. The molecular weight excluding hydrogens is 518 g/mol. The van der Waals surface area contributed by atoms with Crippen LogP contribution in [0.2, 0.25) is 0 Å². The molecule has 0 aromatic heterocycles. The van der Waals surface area contributed by atoms with E-state index < -0.39 is 5.97 Å². The first-order chi connectivity index (χ1) is 20.0. The van der Waals surface area contributed by atoms with E-state index in [0.717, 1.165) is 74.1 Å². The Balaban J connectivity index is 1.14. The molecule has 0 unspecified atom stereocenters. The fourth-order valence-electron chi connectivity index (χ4n) is 6.52. The van der Waals surface area contributed by atoms with Gasteiger partial charge in [-0.25, -0.2) is 0 Å². The maximum atomic E-state index is 11.2. The second-order valence-electron chi connectivity index (χ2n) is 11.5. The van der Waals surface area contributed by atoms with Gasteiger partial charge in [0.1, 0.15) is 17.2 Å². The van der Waals surface area contributed by atoms with Gasteiger partial charge in [-0.1, -0.05) is 30.3 Å². The fraction of sp³-hybridized carbons (Fsp3) is 0.441. The Labute approximate surface area is 242 Å². The van der Waals surface area contributed by atoms with Gasteiger partial charge < -0.3 is 24.1 Å². The van der Waals surface area contributed by atoms with E-state index in [4.69, 9.17) is 18.9 Å². The molecule has 0 amide bonds. The van der Waals surface area contributed by atoms with Crippen LogP contribution >= 0.6 is 0 Å². The highest BCUT2D eigenvalue weighted by Crippen LogP contribution is 2.46. The number of aryl methyl sites for hydroxylation is 2. The molecule has 2 atom stereocenters. The number of rotatable bonds is 10. The number of nitrogens with zero attached hydrogens (tertiary/aromatic N) is 1. The third-order valence-corrected chi connectivity index (χ3v) is 8.54. The molecule has 41 heavy (non-hydrogen) atoms. The van der Waals surface area contributed by atoms with Crippen molar-refractivity contribution in [3.63, 3.8) is 0 Å². The number of carboxylic acid groups (broad SMARTS) is 1. The second-order valence-corrected chi connectivity index (χ2v) is 11.5. The third-order valence-electron chi connectivity index (χ3n) is 8.54. The molecule has 0 aliphatic carbocycles. The maximum Gasteiger partial charge on any atom is 0.304 e. The summed E-state index contributed by atoms with van der Waals surface area (Å²) in [5.41, 5.74) is 8.10. The van der Waals surface area contributed by atoms with Gasteiger partial charge in [-0.2, -0.15) is 0 Å². The number of fused-ring (bicyclic) bond motifs is 2. The van der Waals surface area contributed by atoms with Gasteiger partial charge >= 0.3 is 5.97 Å². The van der Waals surface area contributed by atoms with Crippen LogP contribution in [-0.2, 0) is 16.0 Å². The number of aliphatic carboxylic acids is 1. The van der Waals surface area contributed by atoms with Gasteiger partial charge in [-0.15, -0.1) is 0 Å². The first-order valence-corrected chi connectivity index (χ1v) is 14.7. The molecule has 1 N–H and O–H groups in total. The molecule has 216 valence electrons. The molecule has 7 heteroatoms. The lowest BCUT2D eigenvalue weighted by molar-refractivity contribution is -0.137. The van der Waals surface area contributed by atoms with Crippen LogP contribution < -0.4 is 14.2 Å². The summed E-state index contributed by atoms with van der Waals surface area (Å²) in [5.74, 6) is 2.08. The van der Waals surface area contributed by atoms with E-state index in [1.165, 1.54) is 27.8 Å². The zero-order valence-corrected chi connectivity index (χ0v) is 24.0. The Kier molecular flexibility index (Phi) is 8.17. The molecule has 7 nitrogen and oxygen atoms in total. The molecule has 0 spiro atoms. The van der Waals surface area contributed by atoms with E-state index in [9.17, 15) is 9.90 Å². The molecule has 3 aromatic rings. The van der Waals surface area contributed by atoms with E-state index in [1.54, 1.807) is 0 Å². The van der Waals surface area contributed by atoms with Crippen molar-refractivity contribution in [1.82, 2.24) is 4.90 Å². The summed E-state index contributed by atoms with van der Waals surface area (Å²) >= 11 is 0. The number of ether oxygens (including phenoxy) is 4. The van der Waals surface area contributed by atoms with Crippen LogP contribution in [0.3, 0.4) is 0 Å². The Bertz CT molecular complexity index is 1390. The van der Waals surface area contributed by atoms with Crippen LogP contribution in [0.4, 0.5) is 0 Å². The van der Waals surface area contributed by atoms with Crippen LogP contribution in [0.15, 0.2) is 48.5 Å². The predicted octanol–water partition coefficient (Wildman–Crippen LogP) is 5.74. The minimum absolute atomic E-state index is 0.0759. The van der Waals surface area contributed by atoms with Gasteiger partial charge in [0.15, 0.2) is 0 Å². The number of morpholine rings is 1. The standard InChI is InChI=1S/C34H39NO6/c1-22-15-27(39-12-4-9-35-10-13-38-14-11-35)16-23(2)33(22)30-6-3-5-29-25(21-41-34(29)30)17-24-7-8-28-26(19-32(36)37)20-40-31(28)18-24/h3,5-8,15-16,18,25-26H,4,9-14,17,19-21H2,1-2H3,(H,36,37)/t25-,26-/m1/s1. The lowest BCUT2D eigenvalue weighted by Gasteiger charge is -2.26. The summed E-state index contributed by atoms with van der Waals surface area (Å²) in [5, 5.41) is 9.19. The molecular formula is C34H39NO6. The van der Waals surface area contributed by atoms with Crippen LogP contribution in [0.25, 0.3) is 11.1 Å². The first kappa shape index (κ1) is 27.6. The highest BCUT2D eigenvalue weighted by atomic mass is 16.5. The summed E-state index contributed by atoms with van der Waals surface area (Å²) in [6.07, 6.45) is 1.94. The first-order valence-electron chi connectivity index (χ1n) is 14.7. The van der Waals surface area contributed by atoms with E-state index >= 15 is 0 Å². The Morgan fingerprint density at radius 3 is 2.54 bits per heavy atom. The molecule has 0 saturated carbocycles. The minimum Gasteiger partial charge on any atom is -0.494 e. The molecule has 6 rings (SSSR count). The smallest absolute Gasteiger partial charge is 0.304 e. The Morgan fingerprint density at radius 2 is 1.76 bits per heavy atom. The molecule has 1 fully saturated rings. The zero-order valence-electron chi connectivity index (χ0n) is 24.0. The fourth-order valence-corrected chi connectivity index (χ4v) is 6.52. The molecule has 0 bridgehead atoms. The van der Waals surface area contributed by atoms with E-state index in [1.807, 2.05) is 6.07 Å². The van der Waals surface area contributed by atoms with Crippen molar-refractivity contribution in [2.45, 2.75) is 44.9 Å². The largest absolute Gasteiger partial charge is 0.494 e. The van der Waals surface area contributed by atoms with E-state index in [2.05, 4.69) is 61.2 Å². The van der Waals surface area contributed by atoms with Crippen LogP contribution in [0.5, 0.6) is 17.2 Å². The van der Waals surface area contributed by atoms with E-state index in [-0.39, 0.29) is 18.3 Å². The molecule has 3 heterocycles. The van der Waals surface area contributed by atoms with Crippen molar-refractivity contribution in [3.8, 4) is 28.4 Å². The Hall–Kier alpha value is -3.55. The van der Waals surface area contributed by atoms with Crippen LogP contribution in [0, 0.1) is 13.8 Å². The van der Waals surface area contributed by atoms with Crippen molar-refractivity contribution in [2.24, 2.45) is 0 Å². The number of hydrogen-bond acceptors (Lipinski definition) is 6. The van der Waals surface area contributed by atoms with Crippen molar-refractivity contribution >= 4 is 5.97 Å². The van der Waals surface area contributed by atoms with Gasteiger partial charge in [0.05, 0.1) is 39.5 Å². The number of carboxylic acids is 1. The number of hydrogen-bond donors (Lipinski definition) is 1. The van der Waals surface area contributed by atoms with Gasteiger partial charge in [0, 0.05) is 48.2 Å². The highest BCUT2D eigenvalue weighted by Gasteiger charge is 2.30. The van der Waals surface area contributed by atoms with Crippen molar-refractivity contribution < 1.29 is 28.8 Å². The maximum absolute atomic E-state index is 11.2. The zero-order chi connectivity index (χ0) is 28.3. The molecule has 1 saturated heterocycles. The van der Waals surface area contributed by atoms with Gasteiger partial charge in [-0.05, 0) is 67.1 Å². The lowest BCUT2D eigenvalue weighted by atomic mass is 9.88. The predicted molar refractivity (Wildman–Crippen MR) is 158 cm³/mol. The summed E-state index contributed by atoms with van der Waals surface area (Å²) in [7, 11) is 0. The van der Waals surface area contributed by atoms with Crippen LogP contribution in [0.1, 0.15) is 52.5 Å². The number of para-hydroxylation sites is 1. The van der Waals surface area contributed by atoms with Crippen molar-refractivity contribution in [1.29, 1.82) is 0 Å². The minimum atomic E-state index is -0.793. The summed E-state index contributed by atoms with van der Waals surface area (Å²) in [6.45, 7) is 10.8. The second kappa shape index (κ2) is 12.1. The lowest BCUT2D eigenvalue weighted by Crippen LogP contribution is -2.37. The summed E-state index contributed by atoms with van der Waals surface area (Å²) < 4.78 is 23.8. The average molecular weight is 558 g/mol. The topological polar surface area (TPSA) is 77.5 Å². The number of carbonyl (C=O) groups is 1. The summed E-state index contributed by atoms with van der Waals surface area (Å²) in [4.78, 5) is 13.6. The Morgan fingerprint density at radius 1 is 0.976 bits per heavy atom. The molecule has 3 aliphatic rings. The average Bonchev–Trinajstić information content (AvgIpc) is 3.55. The van der Waals surface area contributed by atoms with Gasteiger partial charge in [0.2, 0.25) is 0 Å². The van der Waals surface area contributed by atoms with Gasteiger partial charge in [0.25, 0.3) is 0 Å². The third kappa shape index (κ3) is 6.07. The summed E-state index contributed by atoms with van der Waals surface area (Å²) in [6, 6.07) is 17.0. The normalized spacial score (nSPS) is 19.8. The highest BCUT2D eigenvalue weighted by molar-refractivity contribution is 5.79. The monoisotopic (exact) mass is 557 g/mol. The van der Waals surface area contributed by atoms with Gasteiger partial charge in [-0.3, -0.25) is 9.69 Å². The van der Waals surface area contributed by atoms with Crippen molar-refractivity contribution in [2.75, 3.05) is 52.7 Å². The van der Waals surface area contributed by atoms with Crippen molar-refractivity contribution in [3.05, 3.63) is 76.3 Å². The number of benzene rings is 3. The van der Waals surface area contributed by atoms with E-state index in [0.29, 0.717) is 19.8 Å².